The van der Waals surface area contributed by atoms with E-state index in [1.165, 1.54) is 6.20 Å². The second-order valence-corrected chi connectivity index (χ2v) is 5.31. The summed E-state index contributed by atoms with van der Waals surface area (Å²) in [4.78, 5) is 42.7. The first-order valence-electron chi connectivity index (χ1n) is 6.77. The van der Waals surface area contributed by atoms with E-state index in [4.69, 9.17) is 0 Å². The number of rotatable bonds is 1. The van der Waals surface area contributed by atoms with Gasteiger partial charge in [-0.1, -0.05) is 0 Å². The van der Waals surface area contributed by atoms with Crippen LogP contribution in [-0.2, 0) is 4.79 Å². The zero-order chi connectivity index (χ0) is 14.1. The lowest BCUT2D eigenvalue weighted by molar-refractivity contribution is -0.125. The zero-order valence-corrected chi connectivity index (χ0v) is 11.0. The van der Waals surface area contributed by atoms with E-state index in [9.17, 15) is 14.4 Å². The van der Waals surface area contributed by atoms with Gasteiger partial charge < -0.3 is 15.2 Å². The van der Waals surface area contributed by atoms with Crippen LogP contribution in [0.4, 0.5) is 0 Å². The molecule has 2 aliphatic rings. The summed E-state index contributed by atoms with van der Waals surface area (Å²) in [7, 11) is 0. The van der Waals surface area contributed by atoms with Crippen LogP contribution in [0.5, 0.6) is 0 Å². The highest BCUT2D eigenvalue weighted by Gasteiger charge is 2.35. The summed E-state index contributed by atoms with van der Waals surface area (Å²) < 4.78 is 0. The molecule has 0 aliphatic carbocycles. The van der Waals surface area contributed by atoms with Crippen LogP contribution in [0.3, 0.4) is 0 Å². The Labute approximate surface area is 115 Å². The van der Waals surface area contributed by atoms with Gasteiger partial charge in [-0.05, 0) is 18.8 Å². The van der Waals surface area contributed by atoms with Gasteiger partial charge in [-0.3, -0.25) is 14.4 Å². The van der Waals surface area contributed by atoms with Crippen LogP contribution in [0.1, 0.15) is 29.8 Å². The molecule has 7 nitrogen and oxygen atoms in total. The lowest BCUT2D eigenvalue weighted by Gasteiger charge is -2.41. The second-order valence-electron chi connectivity index (χ2n) is 5.31. The van der Waals surface area contributed by atoms with Gasteiger partial charge in [-0.2, -0.15) is 0 Å². The van der Waals surface area contributed by atoms with E-state index >= 15 is 0 Å². The van der Waals surface area contributed by atoms with Gasteiger partial charge in [-0.25, -0.2) is 4.98 Å². The summed E-state index contributed by atoms with van der Waals surface area (Å²) in [6.45, 7) is 1.23. The van der Waals surface area contributed by atoms with E-state index in [2.05, 4.69) is 15.3 Å². The van der Waals surface area contributed by atoms with Gasteiger partial charge in [0.05, 0.1) is 6.20 Å². The van der Waals surface area contributed by atoms with Crippen molar-refractivity contribution in [3.05, 3.63) is 28.4 Å². The molecule has 0 saturated carbocycles. The molecule has 7 heteroatoms. The van der Waals surface area contributed by atoms with Crippen molar-refractivity contribution in [3.63, 3.8) is 0 Å². The Morgan fingerprint density at radius 2 is 2.20 bits per heavy atom. The molecule has 2 saturated heterocycles. The molecule has 1 aromatic rings. The molecule has 2 N–H and O–H groups in total. The molecule has 3 rings (SSSR count). The number of piperidine rings is 2. The van der Waals surface area contributed by atoms with Gasteiger partial charge in [-0.15, -0.1) is 0 Å². The molecule has 0 bridgehead atoms. The quantitative estimate of drug-likeness (QED) is 0.723. The predicted molar refractivity (Wildman–Crippen MR) is 70.0 cm³/mol. The normalized spacial score (nSPS) is 25.8. The first-order chi connectivity index (χ1) is 9.63. The van der Waals surface area contributed by atoms with Gasteiger partial charge in [0.2, 0.25) is 5.91 Å². The van der Waals surface area contributed by atoms with Crippen LogP contribution in [0.25, 0.3) is 0 Å². The fourth-order valence-corrected chi connectivity index (χ4v) is 2.92. The standard InChI is InChI=1S/C13H16N4O3/c18-11-2-1-8-7-17(4-3-9(8)16-11)13(20)10-5-15-12(19)6-14-10/h5-6,8-9H,1-4,7H2,(H,15,19)(H,16,18). The highest BCUT2D eigenvalue weighted by atomic mass is 16.2. The smallest absolute Gasteiger partial charge is 0.273 e. The molecule has 2 amide bonds. The maximum absolute atomic E-state index is 12.3. The first kappa shape index (κ1) is 12.8. The zero-order valence-electron chi connectivity index (χ0n) is 11.0. The van der Waals surface area contributed by atoms with Crippen LogP contribution in [0.2, 0.25) is 0 Å². The third-order valence-electron chi connectivity index (χ3n) is 4.00. The summed E-state index contributed by atoms with van der Waals surface area (Å²) in [5, 5.41) is 2.98. The number of carbonyl (C=O) groups excluding carboxylic acids is 2. The summed E-state index contributed by atoms with van der Waals surface area (Å²) >= 11 is 0. The topological polar surface area (TPSA) is 95.2 Å². The van der Waals surface area contributed by atoms with E-state index in [1.54, 1.807) is 4.90 Å². The van der Waals surface area contributed by atoms with Crippen LogP contribution < -0.4 is 10.9 Å². The number of hydrogen-bond donors (Lipinski definition) is 2. The average Bonchev–Trinajstić information content (AvgIpc) is 2.47. The maximum atomic E-state index is 12.3. The Hall–Kier alpha value is -2.18. The Morgan fingerprint density at radius 3 is 2.95 bits per heavy atom. The number of H-pyrrole nitrogens is 1. The minimum atomic E-state index is -0.324. The third-order valence-corrected chi connectivity index (χ3v) is 4.00. The van der Waals surface area contributed by atoms with Crippen LogP contribution in [0, 0.1) is 5.92 Å². The highest BCUT2D eigenvalue weighted by Crippen LogP contribution is 2.25. The van der Waals surface area contributed by atoms with Crippen LogP contribution >= 0.6 is 0 Å². The molecule has 3 heterocycles. The minimum absolute atomic E-state index is 0.105. The van der Waals surface area contributed by atoms with E-state index in [-0.39, 0.29) is 29.1 Å². The molecule has 2 unspecified atom stereocenters. The Morgan fingerprint density at radius 1 is 1.35 bits per heavy atom. The molecule has 0 aromatic carbocycles. The van der Waals surface area contributed by atoms with Crippen LogP contribution in [-0.4, -0.2) is 45.8 Å². The van der Waals surface area contributed by atoms with Crippen molar-refractivity contribution in [2.45, 2.75) is 25.3 Å². The van der Waals surface area contributed by atoms with Gasteiger partial charge in [0.15, 0.2) is 0 Å². The number of likely N-dealkylation sites (tertiary alicyclic amines) is 1. The first-order valence-corrected chi connectivity index (χ1v) is 6.77. The molecule has 106 valence electrons. The summed E-state index contributed by atoms with van der Waals surface area (Å²) in [6.07, 6.45) is 4.57. The van der Waals surface area contributed by atoms with Crippen molar-refractivity contribution in [2.75, 3.05) is 13.1 Å². The predicted octanol–water partition coefficient (Wildman–Crippen LogP) is -0.489. The third kappa shape index (κ3) is 2.43. The summed E-state index contributed by atoms with van der Waals surface area (Å²) in [6, 6.07) is 0.184. The number of amides is 2. The number of aromatic amines is 1. The summed E-state index contributed by atoms with van der Waals surface area (Å²) in [5.41, 5.74) is -0.0712. The van der Waals surface area contributed by atoms with E-state index in [1.807, 2.05) is 0 Å². The summed E-state index contributed by atoms with van der Waals surface area (Å²) in [5.74, 6) is 0.248. The van der Waals surface area contributed by atoms with Gasteiger partial charge in [0.25, 0.3) is 11.5 Å². The fourth-order valence-electron chi connectivity index (χ4n) is 2.92. The van der Waals surface area contributed by atoms with Crippen molar-refractivity contribution in [1.82, 2.24) is 20.2 Å². The number of carbonyl (C=O) groups is 2. The Kier molecular flexibility index (Phi) is 3.25. The van der Waals surface area contributed by atoms with Crippen LogP contribution in [0.15, 0.2) is 17.2 Å². The van der Waals surface area contributed by atoms with Crippen molar-refractivity contribution < 1.29 is 9.59 Å². The van der Waals surface area contributed by atoms with E-state index in [0.29, 0.717) is 25.4 Å². The molecule has 1 aromatic heterocycles. The van der Waals surface area contributed by atoms with E-state index < -0.39 is 0 Å². The van der Waals surface area contributed by atoms with E-state index in [0.717, 1.165) is 19.0 Å². The fraction of sp³-hybridized carbons (Fsp3) is 0.538. The molecule has 20 heavy (non-hydrogen) atoms. The highest BCUT2D eigenvalue weighted by molar-refractivity contribution is 5.92. The molecular weight excluding hydrogens is 260 g/mol. The van der Waals surface area contributed by atoms with Gasteiger partial charge >= 0.3 is 0 Å². The molecule has 2 aliphatic heterocycles. The Bertz CT molecular complexity index is 577. The van der Waals surface area contributed by atoms with Gasteiger partial charge in [0.1, 0.15) is 5.69 Å². The molecule has 2 fully saturated rings. The molecular formula is C13H16N4O3. The number of fused-ring (bicyclic) bond motifs is 1. The van der Waals surface area contributed by atoms with Crippen molar-refractivity contribution in [3.8, 4) is 0 Å². The number of nitrogens with zero attached hydrogens (tertiary/aromatic N) is 2. The number of nitrogens with one attached hydrogen (secondary N) is 2. The molecule has 0 radical (unpaired) electrons. The number of hydrogen-bond acceptors (Lipinski definition) is 4. The number of aromatic nitrogens is 2. The lowest BCUT2D eigenvalue weighted by Crippen LogP contribution is -2.55. The molecule has 0 spiro atoms. The SMILES string of the molecule is O=C1CCC2CN(C(=O)c3c[nH]c(=O)cn3)CCC2N1. The second kappa shape index (κ2) is 5.07. The van der Waals surface area contributed by atoms with Crippen molar-refractivity contribution in [1.29, 1.82) is 0 Å². The average molecular weight is 276 g/mol. The maximum Gasteiger partial charge on any atom is 0.273 e. The molecule has 2 atom stereocenters. The lowest BCUT2D eigenvalue weighted by atomic mass is 9.85. The Balaban J connectivity index is 1.70. The minimum Gasteiger partial charge on any atom is -0.353 e. The largest absolute Gasteiger partial charge is 0.353 e. The monoisotopic (exact) mass is 276 g/mol. The van der Waals surface area contributed by atoms with Gasteiger partial charge in [0, 0.05) is 31.7 Å². The van der Waals surface area contributed by atoms with Crippen molar-refractivity contribution >= 4 is 11.8 Å². The van der Waals surface area contributed by atoms with Crippen molar-refractivity contribution in [2.24, 2.45) is 5.92 Å².